The molecule has 0 spiro atoms. The Morgan fingerprint density at radius 2 is 0.500 bits per heavy atom. The molecule has 412 valence electrons. The lowest BCUT2D eigenvalue weighted by molar-refractivity contribution is -0.167. The highest BCUT2D eigenvalue weighted by molar-refractivity contribution is 5.71. The molecule has 0 N–H and O–H groups in total. The molecule has 0 radical (unpaired) electrons. The average Bonchev–Trinajstić information content (AvgIpc) is 3.38. The molecule has 0 fully saturated rings. The molecular weight excluding hydrogens is 889 g/mol. The van der Waals surface area contributed by atoms with Crippen molar-refractivity contribution in [1.82, 2.24) is 0 Å². The minimum Gasteiger partial charge on any atom is -0.462 e. The Balaban J connectivity index is 4.49. The summed E-state index contributed by atoms with van der Waals surface area (Å²) in [7, 11) is 0. The fourth-order valence-corrected chi connectivity index (χ4v) is 8.19. The molecule has 0 heterocycles. The molecule has 0 aromatic rings. The first-order chi connectivity index (χ1) is 35.5. The number of carbonyl (C=O) groups excluding carboxylic acids is 3. The van der Waals surface area contributed by atoms with E-state index in [0.29, 0.717) is 19.3 Å². The predicted octanol–water partition coefficient (Wildman–Crippen LogP) is 20.5. The summed E-state index contributed by atoms with van der Waals surface area (Å²) in [5, 5.41) is 0. The van der Waals surface area contributed by atoms with Gasteiger partial charge in [-0.15, -0.1) is 0 Å². The topological polar surface area (TPSA) is 78.9 Å². The third-order valence-electron chi connectivity index (χ3n) is 12.8. The standard InChI is InChI=1S/C66H112O6/c1-4-7-10-13-16-19-22-25-28-31-33-35-38-41-44-47-50-53-56-59-65(68)71-62-63(61-70-64(67)58-55-52-49-46-43-40-37-30-27-24-21-18-15-12-9-6-3)72-66(69)60-57-54-51-48-45-42-39-36-34-32-29-26-23-20-17-14-11-8-5-2/h16-17,19-20,25-26,28-30,33-37,41,44,63H,4-15,18,21-24,27,31-32,38-40,42-43,45-62H2,1-3H3/b19-16-,20-17-,28-25-,29-26-,35-33-,36-34-,37-30-,44-41-/t63-/m1/s1. The SMILES string of the molecule is CCCCC/C=C\C/C=C\C/C=C\C/C=C\CCCCCC(=O)OC[C@@H](COC(=O)CCCCCCC/C=C\CCCCCCCCC)OC(=O)CCCCCCCC/C=C\C/C=C\C/C=C\CCCCC. The van der Waals surface area contributed by atoms with Crippen LogP contribution >= 0.6 is 0 Å². The van der Waals surface area contributed by atoms with Crippen LogP contribution < -0.4 is 0 Å². The first-order valence-corrected chi connectivity index (χ1v) is 30.2. The third kappa shape index (κ3) is 57.2. The summed E-state index contributed by atoms with van der Waals surface area (Å²) in [6.07, 6.45) is 79.6. The fraction of sp³-hybridized carbons (Fsp3) is 0.712. The van der Waals surface area contributed by atoms with E-state index in [0.717, 1.165) is 116 Å². The highest BCUT2D eigenvalue weighted by Crippen LogP contribution is 2.14. The number of rotatable bonds is 54. The van der Waals surface area contributed by atoms with Crippen LogP contribution in [0.15, 0.2) is 97.2 Å². The monoisotopic (exact) mass is 1000 g/mol. The number of hydrogen-bond donors (Lipinski definition) is 0. The van der Waals surface area contributed by atoms with Crippen molar-refractivity contribution in [3.05, 3.63) is 97.2 Å². The summed E-state index contributed by atoms with van der Waals surface area (Å²) in [6, 6.07) is 0. The molecule has 0 bridgehead atoms. The van der Waals surface area contributed by atoms with E-state index in [9.17, 15) is 14.4 Å². The number of esters is 3. The Kier molecular flexibility index (Phi) is 56.8. The highest BCUT2D eigenvalue weighted by atomic mass is 16.6. The van der Waals surface area contributed by atoms with Crippen molar-refractivity contribution in [1.29, 1.82) is 0 Å². The Morgan fingerprint density at radius 3 is 0.833 bits per heavy atom. The zero-order valence-corrected chi connectivity index (χ0v) is 47.2. The zero-order valence-electron chi connectivity index (χ0n) is 47.2. The first kappa shape index (κ1) is 68.3. The van der Waals surface area contributed by atoms with Crippen LogP contribution in [0.25, 0.3) is 0 Å². The van der Waals surface area contributed by atoms with Crippen LogP contribution in [0.2, 0.25) is 0 Å². The molecule has 0 unspecified atom stereocenters. The smallest absolute Gasteiger partial charge is 0.306 e. The lowest BCUT2D eigenvalue weighted by atomic mass is 10.1. The Bertz CT molecular complexity index is 1430. The Labute approximate surface area is 445 Å². The second-order valence-electron chi connectivity index (χ2n) is 19.9. The van der Waals surface area contributed by atoms with Gasteiger partial charge in [0.15, 0.2) is 6.10 Å². The van der Waals surface area contributed by atoms with Crippen molar-refractivity contribution in [3.63, 3.8) is 0 Å². The van der Waals surface area contributed by atoms with Crippen LogP contribution in [0, 0.1) is 0 Å². The number of unbranched alkanes of at least 4 members (excludes halogenated alkanes) is 27. The van der Waals surface area contributed by atoms with Gasteiger partial charge in [-0.2, -0.15) is 0 Å². The Hall–Kier alpha value is -3.67. The lowest BCUT2D eigenvalue weighted by Gasteiger charge is -2.18. The molecular formula is C66H112O6. The molecule has 6 heteroatoms. The van der Waals surface area contributed by atoms with Crippen molar-refractivity contribution >= 4 is 17.9 Å². The zero-order chi connectivity index (χ0) is 52.2. The summed E-state index contributed by atoms with van der Waals surface area (Å²) in [6.45, 7) is 6.55. The maximum Gasteiger partial charge on any atom is 0.306 e. The van der Waals surface area contributed by atoms with Gasteiger partial charge in [0.1, 0.15) is 13.2 Å². The van der Waals surface area contributed by atoms with Gasteiger partial charge in [0.25, 0.3) is 0 Å². The van der Waals surface area contributed by atoms with Crippen LogP contribution in [-0.2, 0) is 28.6 Å². The van der Waals surface area contributed by atoms with E-state index < -0.39 is 6.10 Å². The highest BCUT2D eigenvalue weighted by Gasteiger charge is 2.19. The molecule has 0 aromatic carbocycles. The van der Waals surface area contributed by atoms with Crippen molar-refractivity contribution in [2.24, 2.45) is 0 Å². The van der Waals surface area contributed by atoms with Gasteiger partial charge in [0.2, 0.25) is 0 Å². The number of carbonyl (C=O) groups is 3. The summed E-state index contributed by atoms with van der Waals surface area (Å²) in [4.78, 5) is 38.2. The normalized spacial score (nSPS) is 12.8. The van der Waals surface area contributed by atoms with Gasteiger partial charge in [-0.25, -0.2) is 0 Å². The predicted molar refractivity (Wildman–Crippen MR) is 311 cm³/mol. The molecule has 0 saturated carbocycles. The third-order valence-corrected chi connectivity index (χ3v) is 12.8. The quantitative estimate of drug-likeness (QED) is 0.0261. The van der Waals surface area contributed by atoms with E-state index >= 15 is 0 Å². The lowest BCUT2D eigenvalue weighted by Crippen LogP contribution is -2.30. The molecule has 0 aromatic heterocycles. The van der Waals surface area contributed by atoms with E-state index in [1.54, 1.807) is 0 Å². The molecule has 1 atom stereocenters. The minimum atomic E-state index is -0.803. The van der Waals surface area contributed by atoms with Gasteiger partial charge in [-0.3, -0.25) is 14.4 Å². The molecule has 0 aliphatic carbocycles. The van der Waals surface area contributed by atoms with Gasteiger partial charge in [-0.05, 0) is 128 Å². The number of ether oxygens (including phenoxy) is 3. The first-order valence-electron chi connectivity index (χ1n) is 30.2. The molecule has 72 heavy (non-hydrogen) atoms. The molecule has 0 aliphatic heterocycles. The van der Waals surface area contributed by atoms with E-state index in [4.69, 9.17) is 14.2 Å². The maximum absolute atomic E-state index is 12.9. The van der Waals surface area contributed by atoms with Gasteiger partial charge in [-0.1, -0.05) is 234 Å². The molecule has 6 nitrogen and oxygen atoms in total. The van der Waals surface area contributed by atoms with Crippen molar-refractivity contribution in [2.45, 2.75) is 290 Å². The molecule has 0 amide bonds. The fourth-order valence-electron chi connectivity index (χ4n) is 8.19. The van der Waals surface area contributed by atoms with Crippen LogP contribution in [0.5, 0.6) is 0 Å². The molecule has 0 saturated heterocycles. The van der Waals surface area contributed by atoms with Gasteiger partial charge < -0.3 is 14.2 Å². The van der Waals surface area contributed by atoms with Gasteiger partial charge in [0, 0.05) is 19.3 Å². The van der Waals surface area contributed by atoms with Crippen molar-refractivity contribution in [3.8, 4) is 0 Å². The summed E-state index contributed by atoms with van der Waals surface area (Å²) < 4.78 is 16.9. The van der Waals surface area contributed by atoms with Crippen molar-refractivity contribution in [2.75, 3.05) is 13.2 Å². The Morgan fingerprint density at radius 1 is 0.278 bits per heavy atom. The van der Waals surface area contributed by atoms with E-state index in [1.165, 1.54) is 128 Å². The molecule has 0 rings (SSSR count). The van der Waals surface area contributed by atoms with Crippen LogP contribution in [0.4, 0.5) is 0 Å². The summed E-state index contributed by atoms with van der Waals surface area (Å²) in [5.41, 5.74) is 0. The second-order valence-corrected chi connectivity index (χ2v) is 19.9. The number of hydrogen-bond acceptors (Lipinski definition) is 6. The van der Waals surface area contributed by atoms with Crippen LogP contribution in [0.3, 0.4) is 0 Å². The summed E-state index contributed by atoms with van der Waals surface area (Å²) >= 11 is 0. The van der Waals surface area contributed by atoms with Crippen LogP contribution in [-0.4, -0.2) is 37.2 Å². The van der Waals surface area contributed by atoms with Gasteiger partial charge in [0.05, 0.1) is 0 Å². The van der Waals surface area contributed by atoms with E-state index in [2.05, 4.69) is 118 Å². The average molecular weight is 1000 g/mol. The maximum atomic E-state index is 12.9. The largest absolute Gasteiger partial charge is 0.462 e. The van der Waals surface area contributed by atoms with Crippen molar-refractivity contribution < 1.29 is 28.6 Å². The summed E-state index contributed by atoms with van der Waals surface area (Å²) in [5.74, 6) is -0.944. The van der Waals surface area contributed by atoms with E-state index in [-0.39, 0.29) is 31.1 Å². The van der Waals surface area contributed by atoms with E-state index in [1.807, 2.05) is 0 Å². The number of allylic oxidation sites excluding steroid dienone is 16. The van der Waals surface area contributed by atoms with Crippen LogP contribution in [0.1, 0.15) is 284 Å². The minimum absolute atomic E-state index is 0.0978. The van der Waals surface area contributed by atoms with Gasteiger partial charge >= 0.3 is 17.9 Å². The molecule has 0 aliphatic rings. The second kappa shape index (κ2) is 59.9.